The van der Waals surface area contributed by atoms with Crippen LogP contribution in [-0.4, -0.2) is 67.1 Å². The number of H-pyrrole nitrogens is 1. The number of carboxylic acids is 1. The number of imidazole rings is 1. The van der Waals surface area contributed by atoms with Crippen molar-refractivity contribution in [3.8, 4) is 0 Å². The van der Waals surface area contributed by atoms with Crippen LogP contribution in [0.25, 0.3) is 11.0 Å². The number of rotatable bonds is 10. The second-order valence-corrected chi connectivity index (χ2v) is 11.4. The summed E-state index contributed by atoms with van der Waals surface area (Å²) in [5.41, 5.74) is 3.17. The van der Waals surface area contributed by atoms with Gasteiger partial charge in [-0.2, -0.15) is 4.72 Å². The van der Waals surface area contributed by atoms with E-state index in [4.69, 9.17) is 0 Å². The van der Waals surface area contributed by atoms with Crippen molar-refractivity contribution >= 4 is 44.6 Å². The number of nitrogens with one attached hydrogen (secondary N) is 4. The Morgan fingerprint density at radius 3 is 2.37 bits per heavy atom. The molecule has 1 amide bonds. The molecular formula is C28H29FN6O5S. The van der Waals surface area contributed by atoms with Crippen LogP contribution in [0.2, 0.25) is 0 Å². The van der Waals surface area contributed by atoms with E-state index in [9.17, 15) is 27.5 Å². The predicted octanol–water partition coefficient (Wildman–Crippen LogP) is 2.94. The SMILES string of the molecule is O=C(NCC(NS(=O)(=O)c1ccc(F)cc1)C(=O)O)c1ccc(N2CCC(Nc3nc4ccccc4[nH]3)CC2)cc1. The Bertz CT molecular complexity index is 1600. The lowest BCUT2D eigenvalue weighted by molar-refractivity contribution is -0.138. The van der Waals surface area contributed by atoms with Crippen molar-refractivity contribution in [2.45, 2.75) is 29.8 Å². The van der Waals surface area contributed by atoms with Gasteiger partial charge >= 0.3 is 5.97 Å². The topological polar surface area (TPSA) is 157 Å². The molecule has 5 rings (SSSR count). The molecule has 1 aliphatic heterocycles. The van der Waals surface area contributed by atoms with Gasteiger partial charge in [-0.1, -0.05) is 12.1 Å². The first kappa shape index (κ1) is 28.1. The lowest BCUT2D eigenvalue weighted by atomic mass is 10.0. The van der Waals surface area contributed by atoms with Crippen molar-refractivity contribution in [2.24, 2.45) is 0 Å². The maximum absolute atomic E-state index is 13.1. The number of carbonyl (C=O) groups is 2. The van der Waals surface area contributed by atoms with Gasteiger partial charge in [-0.3, -0.25) is 9.59 Å². The minimum atomic E-state index is -4.24. The molecule has 13 heteroatoms. The number of piperidine rings is 1. The number of amides is 1. The maximum atomic E-state index is 13.1. The van der Waals surface area contributed by atoms with Gasteiger partial charge in [-0.25, -0.2) is 17.8 Å². The van der Waals surface area contributed by atoms with Crippen molar-refractivity contribution in [1.82, 2.24) is 20.0 Å². The summed E-state index contributed by atoms with van der Waals surface area (Å²) >= 11 is 0. The lowest BCUT2D eigenvalue weighted by Crippen LogP contribution is -2.48. The van der Waals surface area contributed by atoms with Crippen LogP contribution in [0, 0.1) is 5.82 Å². The van der Waals surface area contributed by atoms with Gasteiger partial charge in [0.25, 0.3) is 5.91 Å². The van der Waals surface area contributed by atoms with Crippen molar-refractivity contribution in [3.05, 3.63) is 84.2 Å². The van der Waals surface area contributed by atoms with E-state index in [0.29, 0.717) is 5.56 Å². The molecule has 1 fully saturated rings. The summed E-state index contributed by atoms with van der Waals surface area (Å²) in [5.74, 6) is -1.88. The maximum Gasteiger partial charge on any atom is 0.323 e. The predicted molar refractivity (Wildman–Crippen MR) is 152 cm³/mol. The minimum absolute atomic E-state index is 0.277. The lowest BCUT2D eigenvalue weighted by Gasteiger charge is -2.34. The molecule has 1 saturated heterocycles. The normalized spacial score (nSPS) is 15.0. The highest BCUT2D eigenvalue weighted by molar-refractivity contribution is 7.89. The van der Waals surface area contributed by atoms with Crippen LogP contribution < -0.4 is 20.3 Å². The van der Waals surface area contributed by atoms with Crippen molar-refractivity contribution in [1.29, 1.82) is 0 Å². The highest BCUT2D eigenvalue weighted by Crippen LogP contribution is 2.23. The fourth-order valence-corrected chi connectivity index (χ4v) is 5.85. The molecule has 0 spiro atoms. The molecule has 1 atom stereocenters. The summed E-state index contributed by atoms with van der Waals surface area (Å²) in [6, 6.07) is 17.4. The Morgan fingerprint density at radius 2 is 1.71 bits per heavy atom. The molecule has 1 unspecified atom stereocenters. The number of fused-ring (bicyclic) bond motifs is 1. The summed E-state index contributed by atoms with van der Waals surface area (Å²) in [4.78, 5) is 34.1. The molecule has 5 N–H and O–H groups in total. The van der Waals surface area contributed by atoms with Gasteiger partial charge in [0.2, 0.25) is 16.0 Å². The monoisotopic (exact) mass is 580 g/mol. The molecule has 4 aromatic rings. The van der Waals surface area contributed by atoms with Crippen molar-refractivity contribution in [3.63, 3.8) is 0 Å². The Morgan fingerprint density at radius 1 is 1.02 bits per heavy atom. The zero-order valence-electron chi connectivity index (χ0n) is 21.9. The van der Waals surface area contributed by atoms with E-state index in [0.717, 1.165) is 72.9 Å². The number of benzene rings is 3. The fraction of sp³-hybridized carbons (Fsp3) is 0.250. The van der Waals surface area contributed by atoms with Crippen LogP contribution in [0.1, 0.15) is 23.2 Å². The van der Waals surface area contributed by atoms with Gasteiger partial charge in [0, 0.05) is 36.9 Å². The van der Waals surface area contributed by atoms with Crippen LogP contribution in [0.3, 0.4) is 0 Å². The van der Waals surface area contributed by atoms with Crippen molar-refractivity contribution in [2.75, 3.05) is 29.9 Å². The van der Waals surface area contributed by atoms with E-state index in [1.165, 1.54) is 0 Å². The number of sulfonamides is 1. The van der Waals surface area contributed by atoms with Crippen LogP contribution in [0.15, 0.2) is 77.7 Å². The Balaban J connectivity index is 1.12. The molecule has 11 nitrogen and oxygen atoms in total. The summed E-state index contributed by atoms with van der Waals surface area (Å²) in [6.45, 7) is 1.15. The van der Waals surface area contributed by atoms with E-state index < -0.39 is 40.3 Å². The van der Waals surface area contributed by atoms with E-state index in [1.54, 1.807) is 12.1 Å². The molecule has 1 aliphatic rings. The molecule has 0 aliphatic carbocycles. The van der Waals surface area contributed by atoms with E-state index >= 15 is 0 Å². The smallest absolute Gasteiger partial charge is 0.323 e. The number of aromatic amines is 1. The molecule has 1 aromatic heterocycles. The van der Waals surface area contributed by atoms with Crippen molar-refractivity contribution < 1.29 is 27.5 Å². The molecule has 3 aromatic carbocycles. The van der Waals surface area contributed by atoms with Crippen LogP contribution in [-0.2, 0) is 14.8 Å². The summed E-state index contributed by atoms with van der Waals surface area (Å²) in [7, 11) is -4.24. The van der Waals surface area contributed by atoms with E-state index in [-0.39, 0.29) is 10.9 Å². The van der Waals surface area contributed by atoms with Gasteiger partial charge in [0.1, 0.15) is 11.9 Å². The molecule has 0 bridgehead atoms. The third-order valence-corrected chi connectivity index (χ3v) is 8.39. The molecule has 2 heterocycles. The molecular weight excluding hydrogens is 551 g/mol. The fourth-order valence-electron chi connectivity index (χ4n) is 4.67. The second-order valence-electron chi connectivity index (χ2n) is 9.73. The quantitative estimate of drug-likeness (QED) is 0.192. The second kappa shape index (κ2) is 11.9. The summed E-state index contributed by atoms with van der Waals surface area (Å²) in [5, 5.41) is 15.4. The first-order valence-corrected chi connectivity index (χ1v) is 14.5. The summed E-state index contributed by atoms with van der Waals surface area (Å²) < 4.78 is 40.1. The highest BCUT2D eigenvalue weighted by atomic mass is 32.2. The summed E-state index contributed by atoms with van der Waals surface area (Å²) in [6.07, 6.45) is 1.81. The molecule has 0 radical (unpaired) electrons. The largest absolute Gasteiger partial charge is 0.480 e. The first-order valence-electron chi connectivity index (χ1n) is 13.0. The Hall–Kier alpha value is -4.49. The first-order chi connectivity index (χ1) is 19.7. The molecule has 0 saturated carbocycles. The van der Waals surface area contributed by atoms with Gasteiger partial charge in [-0.15, -0.1) is 0 Å². The number of anilines is 2. The number of para-hydroxylation sites is 2. The van der Waals surface area contributed by atoms with Gasteiger partial charge in [0.05, 0.1) is 15.9 Å². The van der Waals surface area contributed by atoms with Gasteiger partial charge in [-0.05, 0) is 73.5 Å². The third-order valence-electron chi connectivity index (χ3n) is 6.91. The highest BCUT2D eigenvalue weighted by Gasteiger charge is 2.26. The standard InChI is InChI=1S/C28H29FN6O5S/c29-19-7-11-22(12-8-19)41(39,40)34-25(27(37)38)17-30-26(36)18-5-9-21(10-6-18)35-15-13-20(14-16-35)31-28-32-23-3-1-2-4-24(23)33-28/h1-12,20,25,34H,13-17H2,(H,30,36)(H,37,38)(H2,31,32,33). The van der Waals surface area contributed by atoms with Gasteiger partial charge < -0.3 is 25.6 Å². The number of aromatic nitrogens is 2. The van der Waals surface area contributed by atoms with Crippen LogP contribution in [0.5, 0.6) is 0 Å². The average molecular weight is 581 g/mol. The number of nitrogens with zero attached hydrogens (tertiary/aromatic N) is 2. The number of hydrogen-bond donors (Lipinski definition) is 5. The average Bonchev–Trinajstić information content (AvgIpc) is 3.38. The Labute approximate surface area is 235 Å². The zero-order valence-corrected chi connectivity index (χ0v) is 22.7. The number of aliphatic carboxylic acids is 1. The molecule has 214 valence electrons. The minimum Gasteiger partial charge on any atom is -0.480 e. The molecule has 41 heavy (non-hydrogen) atoms. The Kier molecular flexibility index (Phi) is 8.17. The number of hydrogen-bond acceptors (Lipinski definition) is 7. The van der Waals surface area contributed by atoms with Crippen LogP contribution >= 0.6 is 0 Å². The number of carbonyl (C=O) groups excluding carboxylic acids is 1. The van der Waals surface area contributed by atoms with E-state index in [2.05, 4.69) is 25.5 Å². The van der Waals surface area contributed by atoms with Crippen LogP contribution in [0.4, 0.5) is 16.0 Å². The zero-order chi connectivity index (χ0) is 29.0. The number of carboxylic acid groups (broad SMARTS) is 1. The third kappa shape index (κ3) is 6.81. The van der Waals surface area contributed by atoms with Gasteiger partial charge in [0.15, 0.2) is 0 Å². The number of halogens is 1. The van der Waals surface area contributed by atoms with E-state index in [1.807, 2.05) is 41.1 Å².